The fourth-order valence-electron chi connectivity index (χ4n) is 3.16. The minimum absolute atomic E-state index is 0.128. The first-order chi connectivity index (χ1) is 14.1. The number of H-pyrrole nitrogens is 1. The zero-order valence-corrected chi connectivity index (χ0v) is 17.9. The zero-order chi connectivity index (χ0) is 20.2. The maximum absolute atomic E-state index is 12.1. The van der Waals surface area contributed by atoms with Crippen molar-refractivity contribution in [1.82, 2.24) is 20.2 Å². The predicted octanol–water partition coefficient (Wildman–Crippen LogP) is 2.56. The number of nitrogens with zero attached hydrogens (tertiary/aromatic N) is 5. The Kier molecular flexibility index (Phi) is 6.00. The van der Waals surface area contributed by atoms with E-state index in [0.29, 0.717) is 11.7 Å². The molecule has 1 fully saturated rings. The Morgan fingerprint density at radius 1 is 1.14 bits per heavy atom. The summed E-state index contributed by atoms with van der Waals surface area (Å²) in [6.45, 7) is 5.23. The summed E-state index contributed by atoms with van der Waals surface area (Å²) >= 11 is 3.10. The first kappa shape index (κ1) is 19.7. The Bertz CT molecular complexity index is 1010. The molecule has 0 amide bonds. The van der Waals surface area contributed by atoms with Crippen LogP contribution in [0, 0.1) is 6.92 Å². The molecule has 1 aliphatic heterocycles. The van der Waals surface area contributed by atoms with Crippen LogP contribution in [0.1, 0.15) is 10.7 Å². The van der Waals surface area contributed by atoms with Crippen molar-refractivity contribution in [1.29, 1.82) is 0 Å². The number of piperazine rings is 1. The first-order valence-electron chi connectivity index (χ1n) is 9.28. The van der Waals surface area contributed by atoms with Gasteiger partial charge in [-0.25, -0.2) is 4.98 Å². The minimum Gasteiger partial charge on any atom is -0.497 e. The van der Waals surface area contributed by atoms with Gasteiger partial charge in [0.2, 0.25) is 5.95 Å². The van der Waals surface area contributed by atoms with Gasteiger partial charge in [0, 0.05) is 43.7 Å². The van der Waals surface area contributed by atoms with Gasteiger partial charge in [-0.1, -0.05) is 23.1 Å². The number of nitrogens with one attached hydrogen (secondary N) is 1. The van der Waals surface area contributed by atoms with Crippen molar-refractivity contribution in [2.24, 2.45) is 0 Å². The SMILES string of the molecule is COc1ccc(N2CCN(c3nc(CSc4nnc(C)s4)cc(=O)[nH]3)CC2)cc1. The maximum Gasteiger partial charge on any atom is 0.252 e. The number of ether oxygens (including phenoxy) is 1. The van der Waals surface area contributed by atoms with Crippen LogP contribution in [0.15, 0.2) is 39.5 Å². The second-order valence-electron chi connectivity index (χ2n) is 6.61. The van der Waals surface area contributed by atoms with Gasteiger partial charge in [-0.05, 0) is 31.2 Å². The molecule has 0 spiro atoms. The van der Waals surface area contributed by atoms with Crippen LogP contribution in [0.5, 0.6) is 5.75 Å². The number of aryl methyl sites for hydroxylation is 1. The van der Waals surface area contributed by atoms with Gasteiger partial charge in [-0.3, -0.25) is 9.78 Å². The van der Waals surface area contributed by atoms with Gasteiger partial charge in [0.15, 0.2) is 4.34 Å². The van der Waals surface area contributed by atoms with Crippen LogP contribution < -0.4 is 20.1 Å². The number of aromatic nitrogens is 4. The average molecular weight is 431 g/mol. The number of aromatic amines is 1. The quantitative estimate of drug-likeness (QED) is 0.597. The summed E-state index contributed by atoms with van der Waals surface area (Å²) in [6.07, 6.45) is 0. The molecule has 152 valence electrons. The lowest BCUT2D eigenvalue weighted by atomic mass is 10.2. The highest BCUT2D eigenvalue weighted by Gasteiger charge is 2.19. The van der Waals surface area contributed by atoms with Crippen LogP contribution in [-0.4, -0.2) is 53.5 Å². The van der Waals surface area contributed by atoms with Crippen molar-refractivity contribution in [2.75, 3.05) is 43.1 Å². The van der Waals surface area contributed by atoms with Crippen LogP contribution in [0.4, 0.5) is 11.6 Å². The number of hydrogen-bond acceptors (Lipinski definition) is 9. The molecule has 0 saturated carbocycles. The molecule has 8 nitrogen and oxygen atoms in total. The molecule has 3 aromatic rings. The molecule has 0 aliphatic carbocycles. The second kappa shape index (κ2) is 8.83. The summed E-state index contributed by atoms with van der Waals surface area (Å²) in [5.41, 5.74) is 1.79. The summed E-state index contributed by atoms with van der Waals surface area (Å²) in [5, 5.41) is 9.06. The predicted molar refractivity (Wildman–Crippen MR) is 116 cm³/mol. The molecule has 1 saturated heterocycles. The first-order valence-corrected chi connectivity index (χ1v) is 11.1. The highest BCUT2D eigenvalue weighted by atomic mass is 32.2. The smallest absolute Gasteiger partial charge is 0.252 e. The molecule has 0 bridgehead atoms. The van der Waals surface area contributed by atoms with E-state index in [4.69, 9.17) is 4.74 Å². The number of thioether (sulfide) groups is 1. The lowest BCUT2D eigenvalue weighted by Gasteiger charge is -2.36. The second-order valence-corrected chi connectivity index (χ2v) is 9.01. The monoisotopic (exact) mass is 430 g/mol. The molecular formula is C19H22N6O2S2. The molecule has 0 radical (unpaired) electrons. The van der Waals surface area contributed by atoms with Crippen LogP contribution in [0.25, 0.3) is 0 Å². The van der Waals surface area contributed by atoms with Crippen molar-refractivity contribution in [3.05, 3.63) is 51.4 Å². The summed E-state index contributed by atoms with van der Waals surface area (Å²) in [5.74, 6) is 2.08. The molecule has 4 rings (SSSR count). The Morgan fingerprint density at radius 3 is 2.52 bits per heavy atom. The van der Waals surface area contributed by atoms with E-state index in [9.17, 15) is 4.79 Å². The van der Waals surface area contributed by atoms with E-state index in [1.807, 2.05) is 19.1 Å². The van der Waals surface area contributed by atoms with E-state index < -0.39 is 0 Å². The van der Waals surface area contributed by atoms with E-state index in [1.165, 1.54) is 5.69 Å². The third-order valence-electron chi connectivity index (χ3n) is 4.65. The molecule has 0 atom stereocenters. The fraction of sp³-hybridized carbons (Fsp3) is 0.368. The normalized spacial score (nSPS) is 14.3. The van der Waals surface area contributed by atoms with Gasteiger partial charge < -0.3 is 14.5 Å². The van der Waals surface area contributed by atoms with Crippen LogP contribution >= 0.6 is 23.1 Å². The number of rotatable bonds is 6. The Morgan fingerprint density at radius 2 is 1.86 bits per heavy atom. The highest BCUT2D eigenvalue weighted by Crippen LogP contribution is 2.25. The summed E-state index contributed by atoms with van der Waals surface area (Å²) in [4.78, 5) is 24.1. The van der Waals surface area contributed by atoms with Gasteiger partial charge in [0.25, 0.3) is 5.56 Å². The van der Waals surface area contributed by atoms with Crippen molar-refractivity contribution in [3.63, 3.8) is 0 Å². The van der Waals surface area contributed by atoms with Gasteiger partial charge >= 0.3 is 0 Å². The third-order valence-corrected chi connectivity index (χ3v) is 6.66. The Balaban J connectivity index is 1.39. The summed E-state index contributed by atoms with van der Waals surface area (Å²) in [6, 6.07) is 9.64. The Hall–Kier alpha value is -2.59. The zero-order valence-electron chi connectivity index (χ0n) is 16.3. The average Bonchev–Trinajstić information content (AvgIpc) is 3.17. The number of hydrogen-bond donors (Lipinski definition) is 1. The molecule has 1 aliphatic rings. The highest BCUT2D eigenvalue weighted by molar-refractivity contribution is 8.00. The molecule has 10 heteroatoms. The van der Waals surface area contributed by atoms with E-state index >= 15 is 0 Å². The summed E-state index contributed by atoms with van der Waals surface area (Å²) in [7, 11) is 1.67. The maximum atomic E-state index is 12.1. The molecule has 0 unspecified atom stereocenters. The third kappa shape index (κ3) is 4.88. The van der Waals surface area contributed by atoms with Gasteiger partial charge in [0.05, 0.1) is 12.8 Å². The van der Waals surface area contributed by atoms with Crippen molar-refractivity contribution in [3.8, 4) is 5.75 Å². The topological polar surface area (TPSA) is 87.2 Å². The summed E-state index contributed by atoms with van der Waals surface area (Å²) < 4.78 is 6.11. The van der Waals surface area contributed by atoms with Crippen molar-refractivity contribution < 1.29 is 4.74 Å². The number of methoxy groups -OCH3 is 1. The van der Waals surface area contributed by atoms with Crippen LogP contribution in [-0.2, 0) is 5.75 Å². The lowest BCUT2D eigenvalue weighted by molar-refractivity contribution is 0.415. The largest absolute Gasteiger partial charge is 0.497 e. The van der Waals surface area contributed by atoms with E-state index in [-0.39, 0.29) is 5.56 Å². The molecule has 1 N–H and O–H groups in total. The number of anilines is 2. The van der Waals surface area contributed by atoms with Gasteiger partial charge in [0.1, 0.15) is 10.8 Å². The molecule has 29 heavy (non-hydrogen) atoms. The standard InChI is InChI=1S/C19H22N6O2S2/c1-13-22-23-19(29-13)28-12-14-11-17(26)21-18(20-14)25-9-7-24(8-10-25)15-3-5-16(27-2)6-4-15/h3-6,11H,7-10,12H2,1-2H3,(H,20,21,26). The van der Waals surface area contributed by atoms with E-state index in [0.717, 1.165) is 47.0 Å². The fourth-order valence-corrected chi connectivity index (χ4v) is 4.87. The molecule has 2 aromatic heterocycles. The molecule has 3 heterocycles. The van der Waals surface area contributed by atoms with Crippen molar-refractivity contribution >= 4 is 34.7 Å². The molecular weight excluding hydrogens is 408 g/mol. The van der Waals surface area contributed by atoms with Crippen LogP contribution in [0.3, 0.4) is 0 Å². The number of benzene rings is 1. The van der Waals surface area contributed by atoms with E-state index in [1.54, 1.807) is 36.3 Å². The molecule has 1 aromatic carbocycles. The van der Waals surface area contributed by atoms with E-state index in [2.05, 4.69) is 42.1 Å². The Labute approximate surface area is 176 Å². The van der Waals surface area contributed by atoms with Gasteiger partial charge in [-0.2, -0.15) is 0 Å². The van der Waals surface area contributed by atoms with Gasteiger partial charge in [-0.15, -0.1) is 10.2 Å². The minimum atomic E-state index is -0.128. The van der Waals surface area contributed by atoms with Crippen LogP contribution in [0.2, 0.25) is 0 Å². The van der Waals surface area contributed by atoms with Crippen molar-refractivity contribution in [2.45, 2.75) is 17.0 Å². The lowest BCUT2D eigenvalue weighted by Crippen LogP contribution is -2.47.